The van der Waals surface area contributed by atoms with Crippen LogP contribution in [-0.4, -0.2) is 22.9 Å². The number of aryl methyl sites for hydroxylation is 2. The molecular weight excluding hydrogens is 404 g/mol. The van der Waals surface area contributed by atoms with Gasteiger partial charge in [-0.05, 0) is 49.7 Å². The molecule has 7 nitrogen and oxygen atoms in total. The summed E-state index contributed by atoms with van der Waals surface area (Å²) in [5.41, 5.74) is 2.70. The summed E-state index contributed by atoms with van der Waals surface area (Å²) >= 11 is 0. The van der Waals surface area contributed by atoms with E-state index in [4.69, 9.17) is 0 Å². The summed E-state index contributed by atoms with van der Waals surface area (Å²) in [4.78, 5) is 32.3. The minimum atomic E-state index is -4.59. The molecule has 8 heteroatoms. The molecule has 2 aromatic heterocycles. The van der Waals surface area contributed by atoms with Gasteiger partial charge in [0.1, 0.15) is 4.90 Å². The van der Waals surface area contributed by atoms with Crippen LogP contribution in [0.25, 0.3) is 43.6 Å². The zero-order valence-corrected chi connectivity index (χ0v) is 16.8. The lowest BCUT2D eigenvalue weighted by atomic mass is 10.00. The first kappa shape index (κ1) is 18.5. The van der Waals surface area contributed by atoms with Crippen molar-refractivity contribution in [2.45, 2.75) is 18.7 Å². The fourth-order valence-corrected chi connectivity index (χ4v) is 4.85. The number of fused-ring (bicyclic) bond motifs is 4. The van der Waals surface area contributed by atoms with Gasteiger partial charge in [-0.2, -0.15) is 8.42 Å². The number of hydrogen-bond acceptors (Lipinski definition) is 4. The number of aromatic amines is 2. The zero-order valence-electron chi connectivity index (χ0n) is 16.0. The van der Waals surface area contributed by atoms with Crippen molar-refractivity contribution in [3.05, 3.63) is 74.0 Å². The van der Waals surface area contributed by atoms with Gasteiger partial charge in [0.15, 0.2) is 10.9 Å². The van der Waals surface area contributed by atoms with E-state index in [1.54, 1.807) is 19.1 Å². The van der Waals surface area contributed by atoms with E-state index in [-0.39, 0.29) is 21.7 Å². The summed E-state index contributed by atoms with van der Waals surface area (Å²) in [5, 5.41) is 1.12. The molecule has 0 saturated heterocycles. The van der Waals surface area contributed by atoms with Crippen LogP contribution in [0.2, 0.25) is 0 Å². The van der Waals surface area contributed by atoms with E-state index in [0.29, 0.717) is 32.9 Å². The van der Waals surface area contributed by atoms with Crippen molar-refractivity contribution in [3.63, 3.8) is 0 Å². The van der Waals surface area contributed by atoms with Crippen LogP contribution in [0.1, 0.15) is 11.1 Å². The Morgan fingerprint density at radius 1 is 0.800 bits per heavy atom. The number of rotatable bonds is 1. The third kappa shape index (κ3) is 2.51. The smallest absolute Gasteiger partial charge is 0.295 e. The second-order valence-electron chi connectivity index (χ2n) is 7.46. The lowest BCUT2D eigenvalue weighted by molar-refractivity contribution is 0.484. The summed E-state index contributed by atoms with van der Waals surface area (Å²) in [6, 6.07) is 11.2. The van der Waals surface area contributed by atoms with Crippen molar-refractivity contribution in [2.24, 2.45) is 0 Å². The Kier molecular flexibility index (Phi) is 3.71. The largest absolute Gasteiger partial charge is 0.354 e. The van der Waals surface area contributed by atoms with Gasteiger partial charge in [-0.25, -0.2) is 0 Å². The van der Waals surface area contributed by atoms with Crippen LogP contribution in [0.15, 0.2) is 56.9 Å². The molecule has 0 aliphatic rings. The number of benzene rings is 3. The van der Waals surface area contributed by atoms with E-state index in [1.807, 2.05) is 25.1 Å². The summed E-state index contributed by atoms with van der Waals surface area (Å²) in [6.45, 7) is 3.66. The molecule has 0 unspecified atom stereocenters. The molecule has 2 heterocycles. The van der Waals surface area contributed by atoms with Crippen LogP contribution >= 0.6 is 0 Å². The van der Waals surface area contributed by atoms with E-state index in [9.17, 15) is 22.6 Å². The Hall–Kier alpha value is -3.49. The summed E-state index contributed by atoms with van der Waals surface area (Å²) in [5.74, 6) is 0. The molecule has 0 atom stereocenters. The van der Waals surface area contributed by atoms with E-state index in [0.717, 1.165) is 5.56 Å². The standard InChI is InChI=1S/C22H16N2O5S/c1-10-6-7-14-12(8-10)21(25)18-11(2)20-13(9-16(18)23-14)22(26)19-15(24-20)4-3-5-17(19)30(27,28)29/h3-9H,1-2H3,(H,23,25)(H,24,26)(H,27,28,29). The number of hydrogen-bond donors (Lipinski definition) is 3. The number of pyridine rings is 2. The topological polar surface area (TPSA) is 120 Å². The summed E-state index contributed by atoms with van der Waals surface area (Å²) in [7, 11) is -4.59. The molecule has 150 valence electrons. The van der Waals surface area contributed by atoms with E-state index < -0.39 is 20.4 Å². The average molecular weight is 420 g/mol. The number of aromatic nitrogens is 2. The quantitative estimate of drug-likeness (QED) is 0.283. The van der Waals surface area contributed by atoms with Gasteiger partial charge in [0.25, 0.3) is 10.1 Å². The molecule has 0 amide bonds. The van der Waals surface area contributed by atoms with Crippen molar-refractivity contribution in [1.82, 2.24) is 9.97 Å². The fraction of sp³-hybridized carbons (Fsp3) is 0.0909. The molecule has 0 spiro atoms. The monoisotopic (exact) mass is 420 g/mol. The van der Waals surface area contributed by atoms with Gasteiger partial charge in [0.05, 0.1) is 27.3 Å². The van der Waals surface area contributed by atoms with E-state index in [2.05, 4.69) is 9.97 Å². The van der Waals surface area contributed by atoms with Gasteiger partial charge in [0, 0.05) is 16.3 Å². The highest BCUT2D eigenvalue weighted by molar-refractivity contribution is 7.86. The molecule has 30 heavy (non-hydrogen) atoms. The molecule has 3 aromatic carbocycles. The Bertz CT molecular complexity index is 1780. The zero-order chi connectivity index (χ0) is 21.4. The third-order valence-electron chi connectivity index (χ3n) is 5.53. The van der Waals surface area contributed by atoms with Gasteiger partial charge < -0.3 is 9.97 Å². The maximum Gasteiger partial charge on any atom is 0.295 e. The van der Waals surface area contributed by atoms with E-state index in [1.165, 1.54) is 12.1 Å². The molecule has 0 aliphatic carbocycles. The average Bonchev–Trinajstić information content (AvgIpc) is 2.68. The van der Waals surface area contributed by atoms with Gasteiger partial charge >= 0.3 is 0 Å². The van der Waals surface area contributed by atoms with Crippen LogP contribution in [0, 0.1) is 13.8 Å². The number of nitrogens with one attached hydrogen (secondary N) is 2. The highest BCUT2D eigenvalue weighted by atomic mass is 32.2. The maximum atomic E-state index is 13.3. The Morgan fingerprint density at radius 3 is 2.27 bits per heavy atom. The molecule has 0 bridgehead atoms. The number of H-pyrrole nitrogens is 2. The first-order chi connectivity index (χ1) is 14.2. The van der Waals surface area contributed by atoms with Gasteiger partial charge in [-0.3, -0.25) is 14.1 Å². The van der Waals surface area contributed by atoms with Crippen molar-refractivity contribution in [2.75, 3.05) is 0 Å². The summed E-state index contributed by atoms with van der Waals surface area (Å²) < 4.78 is 33.1. The Balaban J connectivity index is 2.05. The van der Waals surface area contributed by atoms with Crippen LogP contribution in [-0.2, 0) is 10.1 Å². The molecule has 0 fully saturated rings. The van der Waals surface area contributed by atoms with Gasteiger partial charge in [-0.1, -0.05) is 17.7 Å². The van der Waals surface area contributed by atoms with Crippen LogP contribution in [0.4, 0.5) is 0 Å². The SMILES string of the molecule is Cc1ccc2[nH]c3cc4c(=O)c5c(S(=O)(=O)O)cccc5[nH]c4c(C)c3c(=O)c2c1. The highest BCUT2D eigenvalue weighted by Crippen LogP contribution is 2.27. The first-order valence-corrected chi connectivity index (χ1v) is 10.6. The van der Waals surface area contributed by atoms with Crippen LogP contribution in [0.3, 0.4) is 0 Å². The minimum Gasteiger partial charge on any atom is -0.354 e. The first-order valence-electron chi connectivity index (χ1n) is 9.19. The maximum absolute atomic E-state index is 13.3. The van der Waals surface area contributed by atoms with Crippen molar-refractivity contribution in [1.29, 1.82) is 0 Å². The fourth-order valence-electron chi connectivity index (χ4n) is 4.14. The minimum absolute atomic E-state index is 0.120. The third-order valence-corrected chi connectivity index (χ3v) is 6.42. The molecule has 5 aromatic rings. The molecular formula is C22H16N2O5S. The molecule has 5 rings (SSSR count). The second kappa shape index (κ2) is 6.01. The predicted molar refractivity (Wildman–Crippen MR) is 117 cm³/mol. The van der Waals surface area contributed by atoms with Crippen molar-refractivity contribution < 1.29 is 13.0 Å². The van der Waals surface area contributed by atoms with E-state index >= 15 is 0 Å². The van der Waals surface area contributed by atoms with Crippen molar-refractivity contribution >= 4 is 53.7 Å². The van der Waals surface area contributed by atoms with Gasteiger partial charge in [-0.15, -0.1) is 0 Å². The normalized spacial score (nSPS) is 12.4. The highest BCUT2D eigenvalue weighted by Gasteiger charge is 2.20. The second-order valence-corrected chi connectivity index (χ2v) is 8.85. The van der Waals surface area contributed by atoms with Crippen molar-refractivity contribution in [3.8, 4) is 0 Å². The predicted octanol–water partition coefficient (Wildman–Crippen LogP) is 3.54. The molecule has 0 radical (unpaired) electrons. The van der Waals surface area contributed by atoms with Crippen LogP contribution in [0.5, 0.6) is 0 Å². The molecule has 0 aliphatic heterocycles. The lowest BCUT2D eigenvalue weighted by Crippen LogP contribution is -2.13. The molecule has 3 N–H and O–H groups in total. The van der Waals surface area contributed by atoms with Crippen LogP contribution < -0.4 is 10.9 Å². The Morgan fingerprint density at radius 2 is 1.53 bits per heavy atom. The summed E-state index contributed by atoms with van der Waals surface area (Å²) in [6.07, 6.45) is 0. The lowest BCUT2D eigenvalue weighted by Gasteiger charge is -2.11. The Labute approximate surface area is 169 Å². The molecule has 0 saturated carbocycles. The van der Waals surface area contributed by atoms with Gasteiger partial charge in [0.2, 0.25) is 0 Å².